The molecule has 6 nitrogen and oxygen atoms in total. The number of aliphatic imine (C=N–C) groups is 2. The maximum Gasteiger partial charge on any atom is 0.155 e. The zero-order valence-electron chi connectivity index (χ0n) is 37.5. The first-order valence-corrected chi connectivity index (χ1v) is 22.6. The Balaban J connectivity index is 0.000000160. The fourth-order valence-corrected chi connectivity index (χ4v) is 8.57. The Morgan fingerprint density at radius 2 is 0.806 bits per heavy atom. The maximum atomic E-state index is 5.31. The Labute approximate surface area is 391 Å². The number of benzene rings is 9. The third-order valence-corrected chi connectivity index (χ3v) is 11.9. The average Bonchev–Trinajstić information content (AvgIpc) is 4.00. The lowest BCUT2D eigenvalue weighted by atomic mass is 9.96. The molecule has 67 heavy (non-hydrogen) atoms. The van der Waals surface area contributed by atoms with Crippen LogP contribution >= 0.6 is 0 Å². The molecule has 0 fully saturated rings. The van der Waals surface area contributed by atoms with Gasteiger partial charge in [0.25, 0.3) is 0 Å². The Morgan fingerprint density at radius 1 is 0.403 bits per heavy atom. The number of nitrogens with one attached hydrogen (secondary N) is 1. The molecule has 0 aliphatic carbocycles. The number of H-pyrrole nitrogens is 1. The second-order valence-electron chi connectivity index (χ2n) is 16.4. The minimum atomic E-state index is 0.732. The summed E-state index contributed by atoms with van der Waals surface area (Å²) in [4.78, 5) is 23.6. The van der Waals surface area contributed by atoms with Gasteiger partial charge >= 0.3 is 0 Å². The van der Waals surface area contributed by atoms with Crippen molar-refractivity contribution in [3.8, 4) is 44.5 Å². The van der Waals surface area contributed by atoms with Crippen molar-refractivity contribution >= 4 is 44.9 Å². The van der Waals surface area contributed by atoms with Gasteiger partial charge in [0.1, 0.15) is 0 Å². The molecule has 11 rings (SSSR count). The molecule has 11 aromatic rings. The molecule has 0 amide bonds. The molecule has 9 aromatic carbocycles. The van der Waals surface area contributed by atoms with E-state index in [2.05, 4.69) is 198 Å². The van der Waals surface area contributed by atoms with Crippen LogP contribution in [-0.4, -0.2) is 30.9 Å². The highest BCUT2D eigenvalue weighted by atomic mass is 15.1. The molecular weight excluding hydrogens is 817 g/mol. The molecule has 0 bridgehead atoms. The van der Waals surface area contributed by atoms with Crippen molar-refractivity contribution in [3.05, 3.63) is 254 Å². The number of hydrogen-bond donors (Lipinski definition) is 1. The second-order valence-corrected chi connectivity index (χ2v) is 16.4. The Morgan fingerprint density at radius 3 is 1.28 bits per heavy atom. The van der Waals surface area contributed by atoms with Crippen LogP contribution in [0, 0.1) is 0 Å². The lowest BCUT2D eigenvalue weighted by Gasteiger charge is -2.14. The molecule has 0 atom stereocenters. The van der Waals surface area contributed by atoms with Gasteiger partial charge in [-0.2, -0.15) is 0 Å². The summed E-state index contributed by atoms with van der Waals surface area (Å²) in [5.41, 5.74) is 17.9. The first-order valence-electron chi connectivity index (χ1n) is 22.6. The van der Waals surface area contributed by atoms with E-state index in [4.69, 9.17) is 20.0 Å². The summed E-state index contributed by atoms with van der Waals surface area (Å²) in [6.07, 6.45) is 0. The molecule has 322 valence electrons. The summed E-state index contributed by atoms with van der Waals surface area (Å²) >= 11 is 0. The van der Waals surface area contributed by atoms with Gasteiger partial charge in [-0.1, -0.05) is 212 Å². The Bertz CT molecular complexity index is 3330. The molecular formula is C61H48N6. The minimum absolute atomic E-state index is 0.732. The van der Waals surface area contributed by atoms with Crippen molar-refractivity contribution in [2.24, 2.45) is 9.98 Å². The van der Waals surface area contributed by atoms with E-state index in [0.29, 0.717) is 0 Å². The monoisotopic (exact) mass is 864 g/mol. The summed E-state index contributed by atoms with van der Waals surface area (Å²) in [6, 6.07) is 81.4. The Hall–Kier alpha value is -8.74. The predicted molar refractivity (Wildman–Crippen MR) is 280 cm³/mol. The normalized spacial score (nSPS) is 11.7. The van der Waals surface area contributed by atoms with E-state index in [-0.39, 0.29) is 0 Å². The lowest BCUT2D eigenvalue weighted by molar-refractivity contribution is 0.813. The highest BCUT2D eigenvalue weighted by Gasteiger charge is 2.18. The highest BCUT2D eigenvalue weighted by molar-refractivity contribution is 6.04. The van der Waals surface area contributed by atoms with E-state index in [1.165, 1.54) is 5.56 Å². The van der Waals surface area contributed by atoms with Gasteiger partial charge in [0, 0.05) is 28.8 Å². The quantitative estimate of drug-likeness (QED) is 0.139. The molecule has 0 aliphatic rings. The van der Waals surface area contributed by atoms with Crippen molar-refractivity contribution in [2.45, 2.75) is 20.4 Å². The molecule has 0 unspecified atom stereocenters. The first-order chi connectivity index (χ1) is 33.1. The number of fused-ring (bicyclic) bond motifs is 2. The number of hydrogen-bond acceptors (Lipinski definition) is 4. The van der Waals surface area contributed by atoms with Gasteiger partial charge in [0.05, 0.1) is 44.9 Å². The third kappa shape index (κ3) is 9.28. The summed E-state index contributed by atoms with van der Waals surface area (Å²) in [5, 5.41) is 0. The fraction of sp³-hybridized carbons (Fsp3) is 0.0492. The highest BCUT2D eigenvalue weighted by Crippen LogP contribution is 2.41. The lowest BCUT2D eigenvalue weighted by Crippen LogP contribution is -2.10. The van der Waals surface area contributed by atoms with Gasteiger partial charge < -0.3 is 9.55 Å². The molecule has 0 saturated carbocycles. The van der Waals surface area contributed by atoms with E-state index in [1.54, 1.807) is 0 Å². The zero-order valence-corrected chi connectivity index (χ0v) is 37.5. The fourth-order valence-electron chi connectivity index (χ4n) is 8.57. The predicted octanol–water partition coefficient (Wildman–Crippen LogP) is 15.6. The molecule has 0 spiro atoms. The minimum Gasteiger partial charge on any atom is -0.337 e. The van der Waals surface area contributed by atoms with Gasteiger partial charge in [0.15, 0.2) is 11.6 Å². The summed E-state index contributed by atoms with van der Waals surface area (Å²) in [7, 11) is 0. The van der Waals surface area contributed by atoms with Crippen LogP contribution < -0.4 is 0 Å². The van der Waals surface area contributed by atoms with Gasteiger partial charge in [-0.05, 0) is 65.9 Å². The van der Waals surface area contributed by atoms with E-state index >= 15 is 0 Å². The van der Waals surface area contributed by atoms with Crippen molar-refractivity contribution in [2.75, 3.05) is 0 Å². The van der Waals surface area contributed by atoms with Crippen LogP contribution in [-0.2, 0) is 6.54 Å². The van der Waals surface area contributed by atoms with Gasteiger partial charge in [-0.3, -0.25) is 0 Å². The first kappa shape index (κ1) is 42.2. The number of rotatable bonds is 10. The van der Waals surface area contributed by atoms with Crippen LogP contribution in [0.3, 0.4) is 0 Å². The molecule has 0 aliphatic heterocycles. The van der Waals surface area contributed by atoms with E-state index < -0.39 is 0 Å². The maximum absolute atomic E-state index is 5.31. The topological polar surface area (TPSA) is 71.2 Å². The largest absolute Gasteiger partial charge is 0.337 e. The molecule has 2 aromatic heterocycles. The average molecular weight is 865 g/mol. The van der Waals surface area contributed by atoms with Gasteiger partial charge in [0.2, 0.25) is 0 Å². The van der Waals surface area contributed by atoms with Crippen molar-refractivity contribution < 1.29 is 0 Å². The van der Waals surface area contributed by atoms with Gasteiger partial charge in [-0.25, -0.2) is 20.0 Å². The van der Waals surface area contributed by atoms with Crippen molar-refractivity contribution in [1.82, 2.24) is 19.5 Å². The van der Waals surface area contributed by atoms with Crippen LogP contribution in [0.2, 0.25) is 0 Å². The molecule has 0 radical (unpaired) electrons. The molecule has 1 N–H and O–H groups in total. The van der Waals surface area contributed by atoms with Crippen LogP contribution in [0.25, 0.3) is 66.6 Å². The van der Waals surface area contributed by atoms with Crippen LogP contribution in [0.1, 0.15) is 31.1 Å². The van der Waals surface area contributed by atoms with E-state index in [0.717, 1.165) is 108 Å². The van der Waals surface area contributed by atoms with Crippen molar-refractivity contribution in [3.63, 3.8) is 0 Å². The molecule has 2 heterocycles. The van der Waals surface area contributed by atoms with E-state index in [9.17, 15) is 0 Å². The third-order valence-electron chi connectivity index (χ3n) is 11.9. The number of imidazole rings is 2. The standard InChI is InChI=1S/C34H27N3.C27H21N3/c1-25(34-36-31-22-11-12-23-32(31)37(34)24-26-14-5-2-6-15-26)35-33-29(27-16-7-3-8-17-27)20-13-21-30(33)28-18-9-4-10-19-28;1-19(27-29-24-17-8-9-18-25(24)30-27)28-26-22(20-11-4-2-5-12-20)15-10-16-23(26)21-13-6-3-7-14-21/h2-23H,24H2,1H3;2-18H,1H3,(H,29,30). The molecule has 6 heteroatoms. The second kappa shape index (κ2) is 19.6. The number of para-hydroxylation sites is 6. The van der Waals surface area contributed by atoms with Gasteiger partial charge in [-0.15, -0.1) is 0 Å². The van der Waals surface area contributed by atoms with Crippen LogP contribution in [0.15, 0.2) is 247 Å². The molecule has 0 saturated heterocycles. The SMILES string of the molecule is CC(=Nc1c(-c2ccccc2)cccc1-c1ccccc1)c1nc2ccccc2[nH]1.CC(=Nc1c(-c2ccccc2)cccc1-c1ccccc1)c1nc2ccccc2n1Cc1ccccc1. The summed E-state index contributed by atoms with van der Waals surface area (Å²) in [6.45, 7) is 4.81. The Kier molecular flexibility index (Phi) is 12.3. The van der Waals surface area contributed by atoms with Crippen LogP contribution in [0.5, 0.6) is 0 Å². The summed E-state index contributed by atoms with van der Waals surface area (Å²) in [5.74, 6) is 1.67. The number of aromatic amines is 1. The van der Waals surface area contributed by atoms with Crippen LogP contribution in [0.4, 0.5) is 11.4 Å². The number of nitrogens with zero attached hydrogens (tertiary/aromatic N) is 5. The summed E-state index contributed by atoms with van der Waals surface area (Å²) < 4.78 is 2.27. The number of aromatic nitrogens is 4. The van der Waals surface area contributed by atoms with E-state index in [1.807, 2.05) is 61.5 Å². The smallest absolute Gasteiger partial charge is 0.155 e. The van der Waals surface area contributed by atoms with Crippen molar-refractivity contribution in [1.29, 1.82) is 0 Å². The zero-order chi connectivity index (χ0) is 45.4.